The van der Waals surface area contributed by atoms with Gasteiger partial charge in [0.15, 0.2) is 0 Å². The second-order valence-electron chi connectivity index (χ2n) is 4.70. The highest BCUT2D eigenvalue weighted by molar-refractivity contribution is 5.73. The van der Waals surface area contributed by atoms with E-state index in [4.69, 9.17) is 9.84 Å². The first kappa shape index (κ1) is 12.9. The SMILES string of the molecule is COc1ccccc1CC1CCCC(C(=O)O)N1. The van der Waals surface area contributed by atoms with Gasteiger partial charge in [0.05, 0.1) is 7.11 Å². The van der Waals surface area contributed by atoms with E-state index in [0.29, 0.717) is 0 Å². The summed E-state index contributed by atoms with van der Waals surface area (Å²) in [5, 5.41) is 12.2. The second-order valence-corrected chi connectivity index (χ2v) is 4.70. The average molecular weight is 249 g/mol. The van der Waals surface area contributed by atoms with Crippen LogP contribution >= 0.6 is 0 Å². The van der Waals surface area contributed by atoms with E-state index in [1.165, 1.54) is 0 Å². The molecule has 1 aromatic rings. The van der Waals surface area contributed by atoms with Crippen LogP contribution in [-0.4, -0.2) is 30.3 Å². The van der Waals surface area contributed by atoms with Gasteiger partial charge in [-0.3, -0.25) is 4.79 Å². The summed E-state index contributed by atoms with van der Waals surface area (Å²) < 4.78 is 5.32. The first-order chi connectivity index (χ1) is 8.70. The van der Waals surface area contributed by atoms with Crippen LogP contribution in [0.15, 0.2) is 24.3 Å². The molecule has 0 aromatic heterocycles. The van der Waals surface area contributed by atoms with E-state index >= 15 is 0 Å². The lowest BCUT2D eigenvalue weighted by molar-refractivity contribution is -0.140. The molecular weight excluding hydrogens is 230 g/mol. The summed E-state index contributed by atoms with van der Waals surface area (Å²) in [6.45, 7) is 0. The minimum Gasteiger partial charge on any atom is -0.496 e. The molecule has 1 aliphatic rings. The molecular formula is C14H19NO3. The molecule has 2 rings (SSSR count). The second kappa shape index (κ2) is 5.87. The lowest BCUT2D eigenvalue weighted by Crippen LogP contribution is -2.47. The highest BCUT2D eigenvalue weighted by Crippen LogP contribution is 2.22. The molecule has 18 heavy (non-hydrogen) atoms. The van der Waals surface area contributed by atoms with Gasteiger partial charge >= 0.3 is 5.97 Å². The van der Waals surface area contributed by atoms with Crippen molar-refractivity contribution in [3.05, 3.63) is 29.8 Å². The number of carboxylic acids is 1. The van der Waals surface area contributed by atoms with Crippen molar-refractivity contribution in [1.82, 2.24) is 5.32 Å². The maximum Gasteiger partial charge on any atom is 0.320 e. The van der Waals surface area contributed by atoms with Crippen LogP contribution in [0.5, 0.6) is 5.75 Å². The number of benzene rings is 1. The Morgan fingerprint density at radius 3 is 2.94 bits per heavy atom. The number of piperidine rings is 1. The van der Waals surface area contributed by atoms with E-state index in [0.717, 1.165) is 37.0 Å². The monoisotopic (exact) mass is 249 g/mol. The van der Waals surface area contributed by atoms with Crippen molar-refractivity contribution in [3.8, 4) is 5.75 Å². The number of para-hydroxylation sites is 1. The van der Waals surface area contributed by atoms with Gasteiger partial charge < -0.3 is 15.2 Å². The molecule has 2 unspecified atom stereocenters. The van der Waals surface area contributed by atoms with E-state index in [1.54, 1.807) is 7.11 Å². The van der Waals surface area contributed by atoms with Gasteiger partial charge in [0.25, 0.3) is 0 Å². The molecule has 1 saturated heterocycles. The number of hydrogen-bond donors (Lipinski definition) is 2. The summed E-state index contributed by atoms with van der Waals surface area (Å²) in [6, 6.07) is 7.71. The fraction of sp³-hybridized carbons (Fsp3) is 0.500. The first-order valence-corrected chi connectivity index (χ1v) is 6.31. The molecule has 0 spiro atoms. The van der Waals surface area contributed by atoms with Gasteiger partial charge in [-0.2, -0.15) is 0 Å². The van der Waals surface area contributed by atoms with Crippen molar-refractivity contribution in [3.63, 3.8) is 0 Å². The highest BCUT2D eigenvalue weighted by Gasteiger charge is 2.26. The summed E-state index contributed by atoms with van der Waals surface area (Å²) in [5.41, 5.74) is 1.13. The van der Waals surface area contributed by atoms with Gasteiger partial charge in [0.2, 0.25) is 0 Å². The molecule has 1 aromatic carbocycles. The standard InChI is InChI=1S/C14H19NO3/c1-18-13-8-3-2-5-10(13)9-11-6-4-7-12(15-11)14(16)17/h2-3,5,8,11-12,15H,4,6-7,9H2,1H3,(H,16,17). The first-order valence-electron chi connectivity index (χ1n) is 6.31. The Labute approximate surface area is 107 Å². The Morgan fingerprint density at radius 1 is 1.44 bits per heavy atom. The molecule has 4 heteroatoms. The quantitative estimate of drug-likeness (QED) is 0.854. The van der Waals surface area contributed by atoms with E-state index in [2.05, 4.69) is 5.32 Å². The number of hydrogen-bond acceptors (Lipinski definition) is 3. The van der Waals surface area contributed by atoms with Crippen LogP contribution in [0.4, 0.5) is 0 Å². The predicted octanol–water partition coefficient (Wildman–Crippen LogP) is 1.83. The summed E-state index contributed by atoms with van der Waals surface area (Å²) in [7, 11) is 1.66. The van der Waals surface area contributed by atoms with Gasteiger partial charge in [-0.15, -0.1) is 0 Å². The zero-order valence-corrected chi connectivity index (χ0v) is 10.6. The number of carboxylic acid groups (broad SMARTS) is 1. The van der Waals surface area contributed by atoms with Crippen molar-refractivity contribution in [2.45, 2.75) is 37.8 Å². The van der Waals surface area contributed by atoms with Crippen LogP contribution in [0, 0.1) is 0 Å². The van der Waals surface area contributed by atoms with Gasteiger partial charge in [-0.25, -0.2) is 0 Å². The molecule has 0 amide bonds. The average Bonchev–Trinajstić information content (AvgIpc) is 2.39. The van der Waals surface area contributed by atoms with E-state index in [1.807, 2.05) is 24.3 Å². The van der Waals surface area contributed by atoms with Crippen LogP contribution in [0.3, 0.4) is 0 Å². The number of aliphatic carboxylic acids is 1. The summed E-state index contributed by atoms with van der Waals surface area (Å²) in [4.78, 5) is 11.0. The summed E-state index contributed by atoms with van der Waals surface area (Å²) in [6.07, 6.45) is 3.51. The molecule has 1 fully saturated rings. The third kappa shape index (κ3) is 3.01. The van der Waals surface area contributed by atoms with E-state index in [9.17, 15) is 4.79 Å². The van der Waals surface area contributed by atoms with E-state index < -0.39 is 12.0 Å². The molecule has 98 valence electrons. The molecule has 0 radical (unpaired) electrons. The van der Waals surface area contributed by atoms with Crippen molar-refractivity contribution in [2.24, 2.45) is 0 Å². The van der Waals surface area contributed by atoms with Crippen molar-refractivity contribution < 1.29 is 14.6 Å². The Bertz CT molecular complexity index is 419. The number of methoxy groups -OCH3 is 1. The number of nitrogens with one attached hydrogen (secondary N) is 1. The van der Waals surface area contributed by atoms with Crippen LogP contribution < -0.4 is 10.1 Å². The normalized spacial score (nSPS) is 23.6. The lowest BCUT2D eigenvalue weighted by atomic mass is 9.93. The van der Waals surface area contributed by atoms with Crippen LogP contribution in [0.1, 0.15) is 24.8 Å². The fourth-order valence-electron chi connectivity index (χ4n) is 2.51. The maximum atomic E-state index is 11.0. The zero-order valence-electron chi connectivity index (χ0n) is 10.6. The molecule has 0 bridgehead atoms. The summed E-state index contributed by atoms with van der Waals surface area (Å²) >= 11 is 0. The van der Waals surface area contributed by atoms with Crippen LogP contribution in [0.25, 0.3) is 0 Å². The van der Waals surface area contributed by atoms with Crippen molar-refractivity contribution >= 4 is 5.97 Å². The molecule has 1 aliphatic heterocycles. The van der Waals surface area contributed by atoms with Crippen LogP contribution in [0.2, 0.25) is 0 Å². The fourth-order valence-corrected chi connectivity index (χ4v) is 2.51. The minimum absolute atomic E-state index is 0.219. The maximum absolute atomic E-state index is 11.0. The Balaban J connectivity index is 2.02. The molecule has 0 aliphatic carbocycles. The largest absolute Gasteiger partial charge is 0.496 e. The smallest absolute Gasteiger partial charge is 0.320 e. The summed E-state index contributed by atoms with van der Waals surface area (Å²) in [5.74, 6) is 0.122. The number of ether oxygens (including phenoxy) is 1. The van der Waals surface area contributed by atoms with Gasteiger partial charge in [-0.1, -0.05) is 18.2 Å². The van der Waals surface area contributed by atoms with Gasteiger partial charge in [0, 0.05) is 6.04 Å². The van der Waals surface area contributed by atoms with Crippen LogP contribution in [-0.2, 0) is 11.2 Å². The third-order valence-electron chi connectivity index (χ3n) is 3.44. The molecule has 2 atom stereocenters. The Morgan fingerprint density at radius 2 is 2.22 bits per heavy atom. The molecule has 2 N–H and O–H groups in total. The Kier molecular flexibility index (Phi) is 4.20. The molecule has 1 heterocycles. The minimum atomic E-state index is -0.750. The third-order valence-corrected chi connectivity index (χ3v) is 3.44. The predicted molar refractivity (Wildman–Crippen MR) is 68.9 cm³/mol. The lowest BCUT2D eigenvalue weighted by Gasteiger charge is -2.29. The van der Waals surface area contributed by atoms with Gasteiger partial charge in [-0.05, 0) is 37.3 Å². The number of carbonyl (C=O) groups is 1. The topological polar surface area (TPSA) is 58.6 Å². The number of rotatable bonds is 4. The Hall–Kier alpha value is -1.55. The molecule has 0 saturated carbocycles. The van der Waals surface area contributed by atoms with E-state index in [-0.39, 0.29) is 6.04 Å². The van der Waals surface area contributed by atoms with Crippen molar-refractivity contribution in [1.29, 1.82) is 0 Å². The van der Waals surface area contributed by atoms with Crippen molar-refractivity contribution in [2.75, 3.05) is 7.11 Å². The highest BCUT2D eigenvalue weighted by atomic mass is 16.5. The van der Waals surface area contributed by atoms with Gasteiger partial charge in [0.1, 0.15) is 11.8 Å². The zero-order chi connectivity index (χ0) is 13.0. The molecule has 4 nitrogen and oxygen atoms in total.